The van der Waals surface area contributed by atoms with E-state index in [2.05, 4.69) is 4.98 Å². The zero-order valence-corrected chi connectivity index (χ0v) is 15.6. The highest BCUT2D eigenvalue weighted by atomic mass is 35.5. The van der Waals surface area contributed by atoms with Crippen molar-refractivity contribution in [2.45, 2.75) is 31.6 Å². The number of carboxylic acids is 1. The fourth-order valence-electron chi connectivity index (χ4n) is 3.94. The van der Waals surface area contributed by atoms with Gasteiger partial charge in [-0.3, -0.25) is 19.5 Å². The lowest BCUT2D eigenvalue weighted by atomic mass is 9.78. The van der Waals surface area contributed by atoms with Gasteiger partial charge in [-0.25, -0.2) is 4.79 Å². The van der Waals surface area contributed by atoms with E-state index in [9.17, 15) is 19.5 Å². The quantitative estimate of drug-likeness (QED) is 0.848. The summed E-state index contributed by atoms with van der Waals surface area (Å²) in [6.07, 6.45) is 3.41. The van der Waals surface area contributed by atoms with Gasteiger partial charge in [-0.15, -0.1) is 0 Å². The molecule has 142 valence electrons. The molecule has 1 unspecified atom stereocenters. The largest absolute Gasteiger partial charge is 0.478 e. The first-order valence-corrected chi connectivity index (χ1v) is 9.38. The molecular formula is C21H17ClN2O4. The molecule has 1 aromatic heterocycles. The topological polar surface area (TPSA) is 87.6 Å². The summed E-state index contributed by atoms with van der Waals surface area (Å²) < 4.78 is 0. The van der Waals surface area contributed by atoms with E-state index in [1.54, 1.807) is 18.3 Å². The number of allylic oxidation sites excluding steroid dienone is 2. The summed E-state index contributed by atoms with van der Waals surface area (Å²) in [5, 5.41) is 9.46. The van der Waals surface area contributed by atoms with E-state index in [4.69, 9.17) is 11.6 Å². The molecule has 4 rings (SSSR count). The van der Waals surface area contributed by atoms with Gasteiger partial charge in [0.25, 0.3) is 0 Å². The third-order valence-electron chi connectivity index (χ3n) is 5.16. The Hall–Kier alpha value is -2.99. The number of carbonyl (C=O) groups is 3. The van der Waals surface area contributed by atoms with Crippen molar-refractivity contribution >= 4 is 34.9 Å². The second-order valence-corrected chi connectivity index (χ2v) is 7.25. The standard InChI is InChI=1S/C21H17ClN2O4/c22-15-8-7-12(10-13(15)21(27)28)24-17-5-3-6-18(25)20(17)14(11-19(24)26)16-4-1-2-9-23-16/h1-2,4,7-10,14H,3,5-6,11H2,(H,27,28). The van der Waals surface area contributed by atoms with E-state index in [0.717, 1.165) is 0 Å². The lowest BCUT2D eigenvalue weighted by Gasteiger charge is -2.38. The third kappa shape index (κ3) is 3.10. The van der Waals surface area contributed by atoms with Crippen molar-refractivity contribution < 1.29 is 19.5 Å². The highest BCUT2D eigenvalue weighted by molar-refractivity contribution is 6.33. The van der Waals surface area contributed by atoms with E-state index < -0.39 is 5.97 Å². The van der Waals surface area contributed by atoms with Crippen molar-refractivity contribution in [2.24, 2.45) is 0 Å². The van der Waals surface area contributed by atoms with Crippen molar-refractivity contribution in [1.82, 2.24) is 4.98 Å². The van der Waals surface area contributed by atoms with E-state index >= 15 is 0 Å². The van der Waals surface area contributed by atoms with Crippen molar-refractivity contribution in [2.75, 3.05) is 4.90 Å². The van der Waals surface area contributed by atoms with Crippen LogP contribution < -0.4 is 4.90 Å². The molecular weight excluding hydrogens is 380 g/mol. The van der Waals surface area contributed by atoms with Gasteiger partial charge in [0.05, 0.1) is 10.6 Å². The summed E-state index contributed by atoms with van der Waals surface area (Å²) in [4.78, 5) is 43.1. The number of aromatic carboxylic acids is 1. The number of carbonyl (C=O) groups excluding carboxylic acids is 2. The number of Topliss-reactive ketones (excluding diaryl/α,β-unsaturated/α-hetero) is 1. The second-order valence-electron chi connectivity index (χ2n) is 6.85. The molecule has 1 aliphatic heterocycles. The number of ketones is 1. The molecule has 6 nitrogen and oxygen atoms in total. The number of anilines is 1. The molecule has 0 saturated heterocycles. The normalized spacial score (nSPS) is 19.6. The average Bonchev–Trinajstić information content (AvgIpc) is 2.69. The highest BCUT2D eigenvalue weighted by Crippen LogP contribution is 2.43. The smallest absolute Gasteiger partial charge is 0.337 e. The molecule has 0 radical (unpaired) electrons. The van der Waals surface area contributed by atoms with Crippen LogP contribution in [0.15, 0.2) is 53.9 Å². The minimum atomic E-state index is -1.17. The number of carboxylic acid groups (broad SMARTS) is 1. The van der Waals surface area contributed by atoms with Crippen LogP contribution in [0.2, 0.25) is 5.02 Å². The Bertz CT molecular complexity index is 1020. The molecule has 0 fully saturated rings. The molecule has 0 bridgehead atoms. The molecule has 1 aromatic carbocycles. The van der Waals surface area contributed by atoms with Gasteiger partial charge >= 0.3 is 5.97 Å². The lowest BCUT2D eigenvalue weighted by Crippen LogP contribution is -2.40. The maximum absolute atomic E-state index is 13.1. The first-order valence-electron chi connectivity index (χ1n) is 9.00. The number of amides is 1. The third-order valence-corrected chi connectivity index (χ3v) is 5.49. The SMILES string of the molecule is O=C1CCCC2=C1C(c1ccccn1)CC(=O)N2c1ccc(Cl)c(C(=O)O)c1. The van der Waals surface area contributed by atoms with Crippen molar-refractivity contribution in [3.05, 3.63) is 70.1 Å². The number of rotatable bonds is 3. The predicted octanol–water partition coefficient (Wildman–Crippen LogP) is 3.96. The van der Waals surface area contributed by atoms with Crippen molar-refractivity contribution in [3.63, 3.8) is 0 Å². The number of hydrogen-bond donors (Lipinski definition) is 1. The number of nitrogens with zero attached hydrogens (tertiary/aromatic N) is 2. The molecule has 2 aliphatic rings. The fraction of sp³-hybridized carbons (Fsp3) is 0.238. The van der Waals surface area contributed by atoms with Gasteiger partial charge in [0.2, 0.25) is 5.91 Å². The number of benzene rings is 1. The summed E-state index contributed by atoms with van der Waals surface area (Å²) in [5.41, 5.74) is 2.27. The molecule has 0 spiro atoms. The van der Waals surface area contributed by atoms with Crippen molar-refractivity contribution in [1.29, 1.82) is 0 Å². The van der Waals surface area contributed by atoms with Gasteiger partial charge in [0.1, 0.15) is 0 Å². The number of hydrogen-bond acceptors (Lipinski definition) is 4. The van der Waals surface area contributed by atoms with Crippen LogP contribution >= 0.6 is 11.6 Å². The molecule has 7 heteroatoms. The monoisotopic (exact) mass is 396 g/mol. The van der Waals surface area contributed by atoms with E-state index in [1.165, 1.54) is 17.0 Å². The molecule has 2 heterocycles. The van der Waals surface area contributed by atoms with Crippen LogP contribution in [0.5, 0.6) is 0 Å². The van der Waals surface area contributed by atoms with Gasteiger partial charge in [-0.05, 0) is 43.2 Å². The summed E-state index contributed by atoms with van der Waals surface area (Å²) in [6.45, 7) is 0. The molecule has 1 atom stereocenters. The molecule has 1 aliphatic carbocycles. The Kier molecular flexibility index (Phi) is 4.73. The minimum absolute atomic E-state index is 0.0156. The van der Waals surface area contributed by atoms with Gasteiger partial charge in [0, 0.05) is 47.6 Å². The zero-order valence-electron chi connectivity index (χ0n) is 14.9. The van der Waals surface area contributed by atoms with Gasteiger partial charge in [-0.1, -0.05) is 17.7 Å². The summed E-state index contributed by atoms with van der Waals surface area (Å²) >= 11 is 5.97. The zero-order chi connectivity index (χ0) is 19.8. The Morgan fingerprint density at radius 3 is 2.71 bits per heavy atom. The van der Waals surface area contributed by atoms with Crippen LogP contribution in [0.1, 0.15) is 47.7 Å². The molecule has 0 saturated carbocycles. The predicted molar refractivity (Wildman–Crippen MR) is 103 cm³/mol. The number of aromatic nitrogens is 1. The summed E-state index contributed by atoms with van der Waals surface area (Å²) in [7, 11) is 0. The molecule has 2 aromatic rings. The summed E-state index contributed by atoms with van der Waals surface area (Å²) in [5.74, 6) is -1.72. The van der Waals surface area contributed by atoms with Crippen LogP contribution in [0.25, 0.3) is 0 Å². The first kappa shape index (κ1) is 18.4. The van der Waals surface area contributed by atoms with Crippen LogP contribution in [-0.4, -0.2) is 27.8 Å². The van der Waals surface area contributed by atoms with E-state index in [-0.39, 0.29) is 34.6 Å². The van der Waals surface area contributed by atoms with E-state index in [1.807, 2.05) is 12.1 Å². The number of halogens is 1. The Balaban J connectivity index is 1.87. The van der Waals surface area contributed by atoms with Gasteiger partial charge in [0.15, 0.2) is 5.78 Å². The molecule has 1 N–H and O–H groups in total. The maximum atomic E-state index is 13.1. The van der Waals surface area contributed by atoms with Gasteiger partial charge in [-0.2, -0.15) is 0 Å². The minimum Gasteiger partial charge on any atom is -0.478 e. The Morgan fingerprint density at radius 2 is 2.00 bits per heavy atom. The lowest BCUT2D eigenvalue weighted by molar-refractivity contribution is -0.120. The summed E-state index contributed by atoms with van der Waals surface area (Å²) in [6, 6.07) is 9.91. The van der Waals surface area contributed by atoms with Crippen molar-refractivity contribution in [3.8, 4) is 0 Å². The van der Waals surface area contributed by atoms with Crippen LogP contribution in [-0.2, 0) is 9.59 Å². The first-order chi connectivity index (χ1) is 13.5. The van der Waals surface area contributed by atoms with Gasteiger partial charge < -0.3 is 5.11 Å². The second kappa shape index (κ2) is 7.20. The fourth-order valence-corrected chi connectivity index (χ4v) is 4.14. The number of pyridine rings is 1. The van der Waals surface area contributed by atoms with E-state index in [0.29, 0.717) is 41.9 Å². The Labute approximate surface area is 166 Å². The average molecular weight is 397 g/mol. The maximum Gasteiger partial charge on any atom is 0.337 e. The van der Waals surface area contributed by atoms with Crippen LogP contribution in [0.3, 0.4) is 0 Å². The highest BCUT2D eigenvalue weighted by Gasteiger charge is 2.40. The molecule has 28 heavy (non-hydrogen) atoms. The molecule has 1 amide bonds. The van der Waals surface area contributed by atoms with Crippen LogP contribution in [0, 0.1) is 0 Å². The van der Waals surface area contributed by atoms with Crippen LogP contribution in [0.4, 0.5) is 5.69 Å². The Morgan fingerprint density at radius 1 is 1.18 bits per heavy atom.